The van der Waals surface area contributed by atoms with Gasteiger partial charge in [0, 0.05) is 27.2 Å². The van der Waals surface area contributed by atoms with E-state index >= 15 is 0 Å². The van der Waals surface area contributed by atoms with Crippen molar-refractivity contribution in [2.24, 2.45) is 0 Å². The van der Waals surface area contributed by atoms with Crippen LogP contribution in [0, 0.1) is 3.57 Å². The molecule has 1 aliphatic heterocycles. The van der Waals surface area contributed by atoms with Crippen molar-refractivity contribution >= 4 is 44.4 Å². The minimum atomic E-state index is -0.422. The van der Waals surface area contributed by atoms with E-state index in [2.05, 4.69) is 43.4 Å². The third kappa shape index (κ3) is 3.72. The number of rotatable bonds is 3. The Bertz CT molecular complexity index is 510. The molecule has 20 heavy (non-hydrogen) atoms. The summed E-state index contributed by atoms with van der Waals surface area (Å²) in [5, 5.41) is 9.88. The number of hydrogen-bond acceptors (Lipinski definition) is 3. The average Bonchev–Trinajstić information content (AvgIpc) is 2.71. The summed E-state index contributed by atoms with van der Waals surface area (Å²) in [7, 11) is 3.96. The molecule has 1 N–H and O–H groups in total. The van der Waals surface area contributed by atoms with Gasteiger partial charge in [-0.05, 0) is 61.3 Å². The van der Waals surface area contributed by atoms with Crippen LogP contribution in [0.5, 0.6) is 0 Å². The Morgan fingerprint density at radius 3 is 2.90 bits per heavy atom. The fraction of sp³-hybridized carbons (Fsp3) is 0.500. The maximum Gasteiger partial charge on any atom is 0.255 e. The summed E-state index contributed by atoms with van der Waals surface area (Å²) in [5.41, 5.74) is 0.692. The normalized spacial score (nSPS) is 22.6. The molecular formula is C14H18BrIN2O2. The molecule has 0 aromatic heterocycles. The molecule has 1 aliphatic rings. The van der Waals surface area contributed by atoms with Gasteiger partial charge in [0.05, 0.1) is 11.7 Å². The van der Waals surface area contributed by atoms with E-state index in [-0.39, 0.29) is 11.9 Å². The third-order valence-electron chi connectivity index (χ3n) is 3.39. The number of benzene rings is 1. The molecule has 2 rings (SSSR count). The molecule has 1 heterocycles. The van der Waals surface area contributed by atoms with Gasteiger partial charge in [-0.15, -0.1) is 0 Å². The van der Waals surface area contributed by atoms with Gasteiger partial charge < -0.3 is 14.9 Å². The van der Waals surface area contributed by atoms with Crippen LogP contribution in [0.4, 0.5) is 0 Å². The number of amides is 1. The van der Waals surface area contributed by atoms with E-state index in [1.54, 1.807) is 4.90 Å². The molecule has 0 radical (unpaired) electrons. The molecule has 110 valence electrons. The highest BCUT2D eigenvalue weighted by Gasteiger charge is 2.35. The van der Waals surface area contributed by atoms with Gasteiger partial charge in [-0.3, -0.25) is 4.79 Å². The molecular weight excluding hydrogens is 435 g/mol. The monoisotopic (exact) mass is 452 g/mol. The largest absolute Gasteiger partial charge is 0.391 e. The summed E-state index contributed by atoms with van der Waals surface area (Å²) in [6.45, 7) is 1.19. The summed E-state index contributed by atoms with van der Waals surface area (Å²) in [6, 6.07) is 5.77. The number of aliphatic hydroxyl groups is 1. The standard InChI is InChI=1S/C14H18BrIN2O2/c1-17(2)7-10-6-11(19)8-18(10)14(20)12-5-9(15)3-4-13(12)16/h3-5,10-11,19H,6-8H2,1-2H3. The second-order valence-corrected chi connectivity index (χ2v) is 7.47. The number of hydrogen-bond donors (Lipinski definition) is 1. The topological polar surface area (TPSA) is 43.8 Å². The lowest BCUT2D eigenvalue weighted by atomic mass is 10.1. The predicted octanol–water partition coefficient (Wildman–Crippen LogP) is 2.19. The van der Waals surface area contributed by atoms with Crippen LogP contribution in [0.25, 0.3) is 0 Å². The zero-order valence-electron chi connectivity index (χ0n) is 11.5. The third-order valence-corrected chi connectivity index (χ3v) is 4.82. The Balaban J connectivity index is 2.24. The predicted molar refractivity (Wildman–Crippen MR) is 90.9 cm³/mol. The number of β-amino-alcohol motifs (C(OH)–C–C–N with tert-alkyl or cyclic N) is 1. The number of likely N-dealkylation sites (tertiary alicyclic amines) is 1. The van der Waals surface area contributed by atoms with Gasteiger partial charge >= 0.3 is 0 Å². The number of carbonyl (C=O) groups excluding carboxylic acids is 1. The van der Waals surface area contributed by atoms with Gasteiger partial charge in [-0.1, -0.05) is 15.9 Å². The van der Waals surface area contributed by atoms with Crippen molar-refractivity contribution in [2.75, 3.05) is 27.2 Å². The van der Waals surface area contributed by atoms with Crippen molar-refractivity contribution in [1.82, 2.24) is 9.80 Å². The van der Waals surface area contributed by atoms with Crippen molar-refractivity contribution in [1.29, 1.82) is 0 Å². The minimum Gasteiger partial charge on any atom is -0.391 e. The van der Waals surface area contributed by atoms with Crippen molar-refractivity contribution in [2.45, 2.75) is 18.6 Å². The number of aliphatic hydroxyl groups excluding tert-OH is 1. The molecule has 1 aromatic carbocycles. The number of nitrogens with zero attached hydrogens (tertiary/aromatic N) is 2. The molecule has 0 spiro atoms. The minimum absolute atomic E-state index is 0.000833. The second kappa shape index (κ2) is 6.72. The van der Waals surface area contributed by atoms with E-state index in [0.29, 0.717) is 18.5 Å². The van der Waals surface area contributed by atoms with Crippen molar-refractivity contribution < 1.29 is 9.90 Å². The Morgan fingerprint density at radius 2 is 2.25 bits per heavy atom. The summed E-state index contributed by atoms with van der Waals surface area (Å²) in [6.07, 6.45) is 0.225. The molecule has 2 unspecified atom stereocenters. The SMILES string of the molecule is CN(C)CC1CC(O)CN1C(=O)c1cc(Br)ccc1I. The molecule has 1 aromatic rings. The van der Waals surface area contributed by atoms with Crippen molar-refractivity contribution in [3.63, 3.8) is 0 Å². The molecule has 0 aliphatic carbocycles. The van der Waals surface area contributed by atoms with Crippen LogP contribution in [0.15, 0.2) is 22.7 Å². The van der Waals surface area contributed by atoms with E-state index in [1.165, 1.54) is 0 Å². The van der Waals surface area contributed by atoms with Crippen LogP contribution in [-0.4, -0.2) is 60.1 Å². The lowest BCUT2D eigenvalue weighted by molar-refractivity contribution is 0.0698. The summed E-state index contributed by atoms with van der Waals surface area (Å²) in [5.74, 6) is -0.000833. The van der Waals surface area contributed by atoms with Crippen LogP contribution in [-0.2, 0) is 0 Å². The Kier molecular flexibility index (Phi) is 5.44. The second-order valence-electron chi connectivity index (χ2n) is 5.39. The number of halogens is 2. The zero-order valence-corrected chi connectivity index (χ0v) is 15.3. The van der Waals surface area contributed by atoms with Gasteiger partial charge in [0.1, 0.15) is 0 Å². The molecule has 1 fully saturated rings. The van der Waals surface area contributed by atoms with E-state index in [4.69, 9.17) is 0 Å². The Labute approximate surface area is 141 Å². The first-order valence-electron chi connectivity index (χ1n) is 6.47. The highest BCUT2D eigenvalue weighted by Crippen LogP contribution is 2.25. The van der Waals surface area contributed by atoms with Gasteiger partial charge in [-0.25, -0.2) is 0 Å². The molecule has 0 bridgehead atoms. The lowest BCUT2D eigenvalue weighted by Crippen LogP contribution is -2.41. The average molecular weight is 453 g/mol. The number of likely N-dealkylation sites (N-methyl/N-ethyl adjacent to an activating group) is 1. The molecule has 0 saturated carbocycles. The maximum absolute atomic E-state index is 12.7. The van der Waals surface area contributed by atoms with E-state index in [9.17, 15) is 9.90 Å². The highest BCUT2D eigenvalue weighted by molar-refractivity contribution is 14.1. The first-order valence-corrected chi connectivity index (χ1v) is 8.34. The summed E-state index contributed by atoms with van der Waals surface area (Å²) < 4.78 is 1.82. The molecule has 1 amide bonds. The van der Waals surface area contributed by atoms with Gasteiger partial charge in [-0.2, -0.15) is 0 Å². The van der Waals surface area contributed by atoms with Crippen molar-refractivity contribution in [3.8, 4) is 0 Å². The zero-order chi connectivity index (χ0) is 14.9. The summed E-state index contributed by atoms with van der Waals surface area (Å²) in [4.78, 5) is 16.6. The van der Waals surface area contributed by atoms with Gasteiger partial charge in [0.2, 0.25) is 0 Å². The molecule has 6 heteroatoms. The van der Waals surface area contributed by atoms with E-state index in [0.717, 1.165) is 14.6 Å². The fourth-order valence-corrected chi connectivity index (χ4v) is 3.48. The van der Waals surface area contributed by atoms with Gasteiger partial charge in [0.25, 0.3) is 5.91 Å². The Hall–Kier alpha value is -0.180. The lowest BCUT2D eigenvalue weighted by Gasteiger charge is -2.27. The number of carbonyl (C=O) groups is 1. The van der Waals surface area contributed by atoms with Crippen LogP contribution < -0.4 is 0 Å². The van der Waals surface area contributed by atoms with Crippen LogP contribution in [0.3, 0.4) is 0 Å². The summed E-state index contributed by atoms with van der Waals surface area (Å²) >= 11 is 5.58. The molecule has 1 saturated heterocycles. The first-order chi connectivity index (χ1) is 9.38. The van der Waals surface area contributed by atoms with E-state index in [1.807, 2.05) is 32.3 Å². The smallest absolute Gasteiger partial charge is 0.255 e. The van der Waals surface area contributed by atoms with Crippen molar-refractivity contribution in [3.05, 3.63) is 31.8 Å². The Morgan fingerprint density at radius 1 is 1.55 bits per heavy atom. The highest BCUT2D eigenvalue weighted by atomic mass is 127. The maximum atomic E-state index is 12.7. The van der Waals surface area contributed by atoms with E-state index < -0.39 is 6.10 Å². The van der Waals surface area contributed by atoms with Gasteiger partial charge in [0.15, 0.2) is 0 Å². The van der Waals surface area contributed by atoms with Crippen LogP contribution in [0.2, 0.25) is 0 Å². The quantitative estimate of drug-likeness (QED) is 0.715. The van der Waals surface area contributed by atoms with Crippen LogP contribution in [0.1, 0.15) is 16.8 Å². The van der Waals surface area contributed by atoms with Crippen LogP contribution >= 0.6 is 38.5 Å². The first kappa shape index (κ1) is 16.2. The fourth-order valence-electron chi connectivity index (χ4n) is 2.55. The molecule has 4 nitrogen and oxygen atoms in total. The molecule has 2 atom stereocenters.